The molecular formula is C16H26N4O2S. The molecule has 0 bridgehead atoms. The summed E-state index contributed by atoms with van der Waals surface area (Å²) in [5.41, 5.74) is 6.66. The van der Waals surface area contributed by atoms with Crippen molar-refractivity contribution in [1.82, 2.24) is 14.3 Å². The van der Waals surface area contributed by atoms with Gasteiger partial charge in [-0.3, -0.25) is 4.98 Å². The summed E-state index contributed by atoms with van der Waals surface area (Å²) in [7, 11) is -3.15. The second kappa shape index (κ2) is 7.13. The van der Waals surface area contributed by atoms with Crippen LogP contribution in [0.25, 0.3) is 0 Å². The number of hydrogen-bond donors (Lipinski definition) is 1. The van der Waals surface area contributed by atoms with Crippen LogP contribution in [0.15, 0.2) is 12.4 Å². The van der Waals surface area contributed by atoms with Crippen LogP contribution in [0, 0.1) is 5.92 Å². The molecule has 0 amide bonds. The van der Waals surface area contributed by atoms with Crippen molar-refractivity contribution in [2.45, 2.75) is 56.6 Å². The van der Waals surface area contributed by atoms with E-state index in [1.54, 1.807) is 16.7 Å². The van der Waals surface area contributed by atoms with Crippen molar-refractivity contribution >= 4 is 15.8 Å². The molecule has 1 aliphatic carbocycles. The minimum Gasteiger partial charge on any atom is -0.382 e. The Hall–Kier alpha value is -1.21. The van der Waals surface area contributed by atoms with E-state index in [0.717, 1.165) is 44.2 Å². The largest absolute Gasteiger partial charge is 0.382 e. The fourth-order valence-corrected chi connectivity index (χ4v) is 5.96. The van der Waals surface area contributed by atoms with Crippen LogP contribution in [0.4, 0.5) is 5.82 Å². The molecule has 128 valence electrons. The number of rotatable bonds is 4. The zero-order valence-corrected chi connectivity index (χ0v) is 14.3. The van der Waals surface area contributed by atoms with Gasteiger partial charge in [-0.05, 0) is 38.0 Å². The number of hydrogen-bond acceptors (Lipinski definition) is 5. The molecule has 0 radical (unpaired) electrons. The monoisotopic (exact) mass is 338 g/mol. The third-order valence-electron chi connectivity index (χ3n) is 5.10. The Morgan fingerprint density at radius 1 is 1.09 bits per heavy atom. The van der Waals surface area contributed by atoms with E-state index >= 15 is 0 Å². The number of nitrogens with two attached hydrogens (primary N) is 1. The smallest absolute Gasteiger partial charge is 0.216 e. The average Bonchev–Trinajstić information content (AvgIpc) is 2.58. The topological polar surface area (TPSA) is 89.2 Å². The molecule has 7 heteroatoms. The highest BCUT2D eigenvalue weighted by molar-refractivity contribution is 7.89. The van der Waals surface area contributed by atoms with Gasteiger partial charge < -0.3 is 5.73 Å². The maximum Gasteiger partial charge on any atom is 0.216 e. The van der Waals surface area contributed by atoms with Crippen LogP contribution in [-0.4, -0.2) is 41.0 Å². The van der Waals surface area contributed by atoms with E-state index in [9.17, 15) is 8.42 Å². The highest BCUT2D eigenvalue weighted by Gasteiger charge is 2.35. The summed E-state index contributed by atoms with van der Waals surface area (Å²) in [6, 6.07) is 0. The lowest BCUT2D eigenvalue weighted by Crippen LogP contribution is -2.45. The second-order valence-electron chi connectivity index (χ2n) is 6.76. The van der Waals surface area contributed by atoms with E-state index in [2.05, 4.69) is 9.97 Å². The number of aromatic nitrogens is 2. The number of piperidine rings is 1. The molecule has 1 aliphatic heterocycles. The maximum absolute atomic E-state index is 12.9. The lowest BCUT2D eigenvalue weighted by atomic mass is 9.94. The third kappa shape index (κ3) is 3.83. The van der Waals surface area contributed by atoms with E-state index in [-0.39, 0.29) is 11.2 Å². The molecule has 1 saturated heterocycles. The Balaban J connectivity index is 1.67. The molecule has 6 nitrogen and oxygen atoms in total. The van der Waals surface area contributed by atoms with Gasteiger partial charge in [-0.25, -0.2) is 17.7 Å². The minimum atomic E-state index is -3.15. The van der Waals surface area contributed by atoms with Crippen LogP contribution >= 0.6 is 0 Å². The van der Waals surface area contributed by atoms with Crippen LogP contribution in [0.5, 0.6) is 0 Å². The van der Waals surface area contributed by atoms with Gasteiger partial charge in [0.15, 0.2) is 0 Å². The predicted molar refractivity (Wildman–Crippen MR) is 90.2 cm³/mol. The first-order valence-electron chi connectivity index (χ1n) is 8.61. The Labute approximate surface area is 138 Å². The van der Waals surface area contributed by atoms with Crippen molar-refractivity contribution in [3.8, 4) is 0 Å². The first-order chi connectivity index (χ1) is 11.1. The van der Waals surface area contributed by atoms with E-state index in [0.29, 0.717) is 25.3 Å². The first kappa shape index (κ1) is 16.6. The Kier molecular flexibility index (Phi) is 5.16. The summed E-state index contributed by atoms with van der Waals surface area (Å²) in [6.45, 7) is 1.25. The van der Waals surface area contributed by atoms with E-state index in [1.165, 1.54) is 6.42 Å². The van der Waals surface area contributed by atoms with Crippen molar-refractivity contribution in [2.75, 3.05) is 18.8 Å². The lowest BCUT2D eigenvalue weighted by Gasteiger charge is -2.35. The highest BCUT2D eigenvalue weighted by atomic mass is 32.2. The van der Waals surface area contributed by atoms with Gasteiger partial charge in [0.25, 0.3) is 0 Å². The fourth-order valence-electron chi connectivity index (χ4n) is 3.81. The maximum atomic E-state index is 12.9. The molecule has 1 aromatic heterocycles. The highest BCUT2D eigenvalue weighted by Crippen LogP contribution is 2.30. The van der Waals surface area contributed by atoms with E-state index in [1.807, 2.05) is 0 Å². The molecule has 0 aromatic carbocycles. The molecule has 2 heterocycles. The molecule has 2 aliphatic rings. The summed E-state index contributed by atoms with van der Waals surface area (Å²) in [4.78, 5) is 8.36. The predicted octanol–water partition coefficient (Wildman–Crippen LogP) is 1.98. The molecular weight excluding hydrogens is 312 g/mol. The second-order valence-corrected chi connectivity index (χ2v) is 8.98. The van der Waals surface area contributed by atoms with Gasteiger partial charge in [-0.2, -0.15) is 0 Å². The summed E-state index contributed by atoms with van der Waals surface area (Å²) < 4.78 is 27.5. The van der Waals surface area contributed by atoms with Gasteiger partial charge in [-0.15, -0.1) is 0 Å². The summed E-state index contributed by atoms with van der Waals surface area (Å²) in [6.07, 6.45) is 10.8. The van der Waals surface area contributed by atoms with Crippen molar-refractivity contribution in [3.63, 3.8) is 0 Å². The molecule has 2 N–H and O–H groups in total. The van der Waals surface area contributed by atoms with Crippen molar-refractivity contribution in [2.24, 2.45) is 5.92 Å². The molecule has 23 heavy (non-hydrogen) atoms. The van der Waals surface area contributed by atoms with Gasteiger partial charge in [0.05, 0.1) is 10.9 Å². The number of nitrogens with zero attached hydrogens (tertiary/aromatic N) is 3. The van der Waals surface area contributed by atoms with Gasteiger partial charge >= 0.3 is 0 Å². The quantitative estimate of drug-likeness (QED) is 0.906. The Morgan fingerprint density at radius 2 is 1.83 bits per heavy atom. The summed E-state index contributed by atoms with van der Waals surface area (Å²) in [5, 5.41) is -0.170. The van der Waals surface area contributed by atoms with Crippen LogP contribution in [0.2, 0.25) is 0 Å². The van der Waals surface area contributed by atoms with Crippen LogP contribution in [0.1, 0.15) is 50.6 Å². The number of anilines is 1. The van der Waals surface area contributed by atoms with Crippen molar-refractivity contribution in [3.05, 3.63) is 18.1 Å². The van der Waals surface area contributed by atoms with Gasteiger partial charge in [0.1, 0.15) is 5.82 Å². The van der Waals surface area contributed by atoms with Gasteiger partial charge in [0, 0.05) is 25.5 Å². The molecule has 1 saturated carbocycles. The zero-order chi connectivity index (χ0) is 16.3. The molecule has 2 fully saturated rings. The summed E-state index contributed by atoms with van der Waals surface area (Å²) >= 11 is 0. The van der Waals surface area contributed by atoms with Crippen LogP contribution in [-0.2, 0) is 16.4 Å². The van der Waals surface area contributed by atoms with Crippen molar-refractivity contribution < 1.29 is 8.42 Å². The van der Waals surface area contributed by atoms with Crippen LogP contribution < -0.4 is 5.73 Å². The number of nitrogen functional groups attached to an aromatic ring is 1. The summed E-state index contributed by atoms with van der Waals surface area (Å²) in [5.74, 6) is 0.737. The van der Waals surface area contributed by atoms with Gasteiger partial charge in [0.2, 0.25) is 10.0 Å². The molecule has 0 unspecified atom stereocenters. The normalized spacial score (nSPS) is 24.6. The first-order valence-corrected chi connectivity index (χ1v) is 10.1. The SMILES string of the molecule is Nc1nccnc1C[C@H]1CCCN(S(=O)(=O)C2CCCCC2)C1. The van der Waals surface area contributed by atoms with E-state index in [4.69, 9.17) is 5.73 Å². The Bertz CT molecular complexity index is 629. The minimum absolute atomic E-state index is 0.170. The molecule has 1 aromatic rings. The standard InChI is InChI=1S/C16H26N4O2S/c17-16-15(18-8-9-19-16)11-13-5-4-10-20(12-13)23(21,22)14-6-2-1-3-7-14/h8-9,13-14H,1-7,10-12H2,(H2,17,19)/t13-/m1/s1. The fraction of sp³-hybridized carbons (Fsp3) is 0.750. The molecule has 3 rings (SSSR count). The third-order valence-corrected chi connectivity index (χ3v) is 7.47. The van der Waals surface area contributed by atoms with E-state index < -0.39 is 10.0 Å². The molecule has 1 atom stereocenters. The Morgan fingerprint density at radius 3 is 2.57 bits per heavy atom. The average molecular weight is 338 g/mol. The molecule has 0 spiro atoms. The van der Waals surface area contributed by atoms with Crippen LogP contribution in [0.3, 0.4) is 0 Å². The zero-order valence-electron chi connectivity index (χ0n) is 13.5. The van der Waals surface area contributed by atoms with Crippen molar-refractivity contribution in [1.29, 1.82) is 0 Å². The lowest BCUT2D eigenvalue weighted by molar-refractivity contribution is 0.259. The van der Waals surface area contributed by atoms with Gasteiger partial charge in [-0.1, -0.05) is 19.3 Å². The number of sulfonamides is 1.